The maximum absolute atomic E-state index is 13.7. The summed E-state index contributed by atoms with van der Waals surface area (Å²) < 4.78 is 34.9. The zero-order valence-electron chi connectivity index (χ0n) is 21.6. The molecule has 0 radical (unpaired) electrons. The van der Waals surface area contributed by atoms with Crippen LogP contribution < -0.4 is 13.9 Å². The van der Waals surface area contributed by atoms with Gasteiger partial charge in [-0.25, -0.2) is 13.4 Å². The molecule has 0 saturated carbocycles. The Kier molecular flexibility index (Phi) is 7.38. The molecule has 1 aromatic heterocycles. The first-order valence-electron chi connectivity index (χ1n) is 12.4. The Balaban J connectivity index is 1.45. The van der Waals surface area contributed by atoms with Gasteiger partial charge in [-0.05, 0) is 75.0 Å². The Labute approximate surface area is 227 Å². The number of rotatable bonds is 8. The monoisotopic (exact) mass is 550 g/mol. The van der Waals surface area contributed by atoms with E-state index in [2.05, 4.69) is 0 Å². The van der Waals surface area contributed by atoms with Gasteiger partial charge in [0.25, 0.3) is 15.9 Å². The lowest BCUT2D eigenvalue weighted by molar-refractivity contribution is 0.0985. The van der Waals surface area contributed by atoms with Gasteiger partial charge in [0.15, 0.2) is 5.13 Å². The number of para-hydroxylation sites is 2. The van der Waals surface area contributed by atoms with Crippen molar-refractivity contribution < 1.29 is 17.9 Å². The lowest BCUT2D eigenvalue weighted by Crippen LogP contribution is -2.37. The van der Waals surface area contributed by atoms with E-state index in [1.807, 2.05) is 61.5 Å². The second kappa shape index (κ2) is 10.7. The molecule has 0 spiro atoms. The van der Waals surface area contributed by atoms with Crippen molar-refractivity contribution in [2.45, 2.75) is 17.7 Å². The van der Waals surface area contributed by atoms with Crippen LogP contribution in [0.25, 0.3) is 10.2 Å². The number of likely N-dealkylation sites (N-methyl/N-ethyl adjacent to an activating group) is 1. The Morgan fingerprint density at radius 3 is 2.53 bits per heavy atom. The van der Waals surface area contributed by atoms with Gasteiger partial charge in [0.2, 0.25) is 0 Å². The highest BCUT2D eigenvalue weighted by atomic mass is 32.2. The van der Waals surface area contributed by atoms with Gasteiger partial charge in [-0.1, -0.05) is 35.6 Å². The summed E-state index contributed by atoms with van der Waals surface area (Å²) >= 11 is 1.42. The summed E-state index contributed by atoms with van der Waals surface area (Å²) in [4.78, 5) is 22.2. The van der Waals surface area contributed by atoms with Gasteiger partial charge in [-0.15, -0.1) is 0 Å². The van der Waals surface area contributed by atoms with Crippen molar-refractivity contribution in [3.8, 4) is 5.75 Å². The maximum Gasteiger partial charge on any atom is 0.264 e. The predicted molar refractivity (Wildman–Crippen MR) is 152 cm³/mol. The van der Waals surface area contributed by atoms with E-state index in [9.17, 15) is 13.2 Å². The molecule has 0 unspecified atom stereocenters. The molecule has 0 fully saturated rings. The number of methoxy groups -OCH3 is 1. The Bertz CT molecular complexity index is 1570. The Morgan fingerprint density at radius 1 is 1.03 bits per heavy atom. The van der Waals surface area contributed by atoms with E-state index in [4.69, 9.17) is 9.72 Å². The SMILES string of the molecule is COc1cccc2sc(N(CCN(C)C)C(=O)c3ccc(S(=O)(=O)N4CCCc5ccccc54)cc3)nc12. The van der Waals surface area contributed by atoms with E-state index in [-0.39, 0.29) is 10.8 Å². The van der Waals surface area contributed by atoms with Crippen molar-refractivity contribution in [2.24, 2.45) is 0 Å². The number of aryl methyl sites for hydroxylation is 1. The van der Waals surface area contributed by atoms with Crippen LogP contribution in [0.4, 0.5) is 10.8 Å². The Hall–Kier alpha value is -3.47. The quantitative estimate of drug-likeness (QED) is 0.318. The van der Waals surface area contributed by atoms with Crippen LogP contribution in [0.5, 0.6) is 5.75 Å². The summed E-state index contributed by atoms with van der Waals surface area (Å²) in [5.41, 5.74) is 2.85. The van der Waals surface area contributed by atoms with E-state index < -0.39 is 10.0 Å². The zero-order chi connectivity index (χ0) is 26.9. The normalized spacial score (nSPS) is 13.5. The fourth-order valence-corrected chi connectivity index (χ4v) is 7.13. The molecule has 8 nitrogen and oxygen atoms in total. The molecule has 3 aromatic carbocycles. The maximum atomic E-state index is 13.7. The number of aromatic nitrogens is 1. The van der Waals surface area contributed by atoms with Crippen LogP contribution in [0.3, 0.4) is 0 Å². The van der Waals surface area contributed by atoms with E-state index >= 15 is 0 Å². The number of fused-ring (bicyclic) bond motifs is 2. The number of sulfonamides is 1. The molecular weight excluding hydrogens is 520 g/mol. The second-order valence-corrected chi connectivity index (χ2v) is 12.3. The molecule has 38 heavy (non-hydrogen) atoms. The molecule has 0 atom stereocenters. The fraction of sp³-hybridized carbons (Fsp3) is 0.286. The number of thiazole rings is 1. The Morgan fingerprint density at radius 2 is 1.79 bits per heavy atom. The number of anilines is 2. The molecule has 0 saturated heterocycles. The molecule has 0 bridgehead atoms. The molecule has 10 heteroatoms. The van der Waals surface area contributed by atoms with Crippen molar-refractivity contribution in [3.05, 3.63) is 77.9 Å². The highest BCUT2D eigenvalue weighted by Gasteiger charge is 2.29. The van der Waals surface area contributed by atoms with E-state index in [1.54, 1.807) is 24.1 Å². The number of benzene rings is 3. The summed E-state index contributed by atoms with van der Waals surface area (Å²) in [6.07, 6.45) is 1.62. The van der Waals surface area contributed by atoms with Crippen molar-refractivity contribution in [1.82, 2.24) is 9.88 Å². The summed E-state index contributed by atoms with van der Waals surface area (Å²) in [6.45, 7) is 1.50. The third-order valence-corrected chi connectivity index (χ3v) is 9.47. The van der Waals surface area contributed by atoms with Crippen molar-refractivity contribution in [3.63, 3.8) is 0 Å². The zero-order valence-corrected chi connectivity index (χ0v) is 23.3. The fourth-order valence-electron chi connectivity index (χ4n) is 4.58. The highest BCUT2D eigenvalue weighted by molar-refractivity contribution is 7.92. The number of hydrogen-bond acceptors (Lipinski definition) is 7. The summed E-state index contributed by atoms with van der Waals surface area (Å²) in [5.74, 6) is 0.413. The second-order valence-electron chi connectivity index (χ2n) is 9.40. The van der Waals surface area contributed by atoms with Gasteiger partial charge in [-0.3, -0.25) is 14.0 Å². The number of ether oxygens (including phenoxy) is 1. The minimum atomic E-state index is -3.76. The number of carbonyl (C=O) groups is 1. The molecular formula is C28H30N4O4S2. The molecule has 1 amide bonds. The van der Waals surface area contributed by atoms with Gasteiger partial charge in [-0.2, -0.15) is 0 Å². The van der Waals surface area contributed by atoms with Crippen LogP contribution in [-0.4, -0.2) is 65.0 Å². The van der Waals surface area contributed by atoms with Gasteiger partial charge in [0.1, 0.15) is 11.3 Å². The van der Waals surface area contributed by atoms with Crippen molar-refractivity contribution >= 4 is 48.3 Å². The minimum Gasteiger partial charge on any atom is -0.494 e. The molecule has 4 aromatic rings. The van der Waals surface area contributed by atoms with Crippen molar-refractivity contribution in [1.29, 1.82) is 0 Å². The average molecular weight is 551 g/mol. The van der Waals surface area contributed by atoms with E-state index in [1.165, 1.54) is 27.8 Å². The summed E-state index contributed by atoms with van der Waals surface area (Å²) in [5, 5.41) is 0.568. The number of hydrogen-bond donors (Lipinski definition) is 0. The minimum absolute atomic E-state index is 0.162. The third-order valence-electron chi connectivity index (χ3n) is 6.59. The van der Waals surface area contributed by atoms with Crippen LogP contribution in [0.1, 0.15) is 22.3 Å². The lowest BCUT2D eigenvalue weighted by Gasteiger charge is -2.30. The van der Waals surface area contributed by atoms with Gasteiger partial charge in [0.05, 0.1) is 22.4 Å². The van der Waals surface area contributed by atoms with Crippen LogP contribution in [0.2, 0.25) is 0 Å². The van der Waals surface area contributed by atoms with E-state index in [0.717, 1.165) is 28.8 Å². The molecule has 2 heterocycles. The van der Waals surface area contributed by atoms with Gasteiger partial charge in [0, 0.05) is 25.2 Å². The topological polar surface area (TPSA) is 83.0 Å². The van der Waals surface area contributed by atoms with Crippen LogP contribution >= 0.6 is 11.3 Å². The van der Waals surface area contributed by atoms with E-state index in [0.29, 0.717) is 41.6 Å². The number of nitrogens with zero attached hydrogens (tertiary/aromatic N) is 4. The first kappa shape index (κ1) is 26.1. The molecule has 198 valence electrons. The molecule has 0 aliphatic carbocycles. The summed E-state index contributed by atoms with van der Waals surface area (Å²) in [6, 6.07) is 19.5. The van der Waals surface area contributed by atoms with Gasteiger partial charge >= 0.3 is 0 Å². The molecule has 5 rings (SSSR count). The third kappa shape index (κ3) is 4.99. The molecule has 1 aliphatic rings. The predicted octanol–water partition coefficient (Wildman–Crippen LogP) is 4.65. The smallest absolute Gasteiger partial charge is 0.264 e. The average Bonchev–Trinajstić information content (AvgIpc) is 3.36. The van der Waals surface area contributed by atoms with Crippen LogP contribution in [-0.2, 0) is 16.4 Å². The largest absolute Gasteiger partial charge is 0.494 e. The highest BCUT2D eigenvalue weighted by Crippen LogP contribution is 2.35. The molecule has 1 aliphatic heterocycles. The first-order chi connectivity index (χ1) is 18.3. The van der Waals surface area contributed by atoms with Gasteiger partial charge < -0.3 is 9.64 Å². The standard InChI is InChI=1S/C28H30N4O4S2/c1-30(2)18-19-31(28-29-26-24(36-3)11-6-12-25(26)37-28)27(33)21-13-15-22(16-14-21)38(34,35)32-17-7-9-20-8-4-5-10-23(20)32/h4-6,8,10-16H,7,9,17-19H2,1-3H3. The first-order valence-corrected chi connectivity index (χ1v) is 14.7. The van der Waals surface area contributed by atoms with Crippen molar-refractivity contribution in [2.75, 3.05) is 50.0 Å². The lowest BCUT2D eigenvalue weighted by atomic mass is 10.0. The molecule has 0 N–H and O–H groups in total. The van der Waals surface area contributed by atoms with Crippen LogP contribution in [0, 0.1) is 0 Å². The number of carbonyl (C=O) groups excluding carboxylic acids is 1. The van der Waals surface area contributed by atoms with Crippen LogP contribution in [0.15, 0.2) is 71.6 Å². The summed E-state index contributed by atoms with van der Waals surface area (Å²) in [7, 11) is 1.73. The number of amides is 1.